The van der Waals surface area contributed by atoms with Gasteiger partial charge in [0.1, 0.15) is 0 Å². The van der Waals surface area contributed by atoms with E-state index in [2.05, 4.69) is 0 Å². The fourth-order valence-corrected chi connectivity index (χ4v) is 3.76. The van der Waals surface area contributed by atoms with Gasteiger partial charge in [-0.1, -0.05) is 12.1 Å². The van der Waals surface area contributed by atoms with Crippen LogP contribution in [0.4, 0.5) is 0 Å². The number of carboxylic acid groups (broad SMARTS) is 1. The fraction of sp³-hybridized carbons (Fsp3) is 0.500. The summed E-state index contributed by atoms with van der Waals surface area (Å²) >= 11 is 0. The topological polar surface area (TPSA) is 74.7 Å². The maximum Gasteiger partial charge on any atom is 0.313 e. The Morgan fingerprint density at radius 2 is 1.65 bits per heavy atom. The lowest BCUT2D eigenvalue weighted by Crippen LogP contribution is -2.29. The van der Waals surface area contributed by atoms with Crippen molar-refractivity contribution in [2.75, 3.05) is 13.1 Å². The molecule has 110 valence electrons. The molecule has 0 amide bonds. The molecule has 0 bridgehead atoms. The third-order valence-corrected chi connectivity index (χ3v) is 5.73. The molecule has 0 spiro atoms. The van der Waals surface area contributed by atoms with Gasteiger partial charge < -0.3 is 5.11 Å². The highest BCUT2D eigenvalue weighted by atomic mass is 32.2. The van der Waals surface area contributed by atoms with E-state index in [-0.39, 0.29) is 4.90 Å². The Kier molecular flexibility index (Phi) is 3.88. The van der Waals surface area contributed by atoms with E-state index in [1.807, 2.05) is 0 Å². The number of aliphatic carboxylic acids is 1. The second-order valence-electron chi connectivity index (χ2n) is 5.57. The first-order valence-corrected chi connectivity index (χ1v) is 8.04. The predicted octanol–water partition coefficient (Wildman–Crippen LogP) is 1.83. The number of benzene rings is 1. The average Bonchev–Trinajstić information content (AvgIpc) is 2.93. The number of carbonyl (C=O) groups is 1. The summed E-state index contributed by atoms with van der Waals surface area (Å²) in [6, 6.07) is 6.15. The van der Waals surface area contributed by atoms with Crippen molar-refractivity contribution >= 4 is 16.0 Å². The summed E-state index contributed by atoms with van der Waals surface area (Å²) in [7, 11) is -3.44. The van der Waals surface area contributed by atoms with Crippen LogP contribution in [-0.4, -0.2) is 36.9 Å². The van der Waals surface area contributed by atoms with E-state index in [1.54, 1.807) is 26.0 Å². The van der Waals surface area contributed by atoms with Crippen LogP contribution in [0.3, 0.4) is 0 Å². The maximum atomic E-state index is 12.3. The molecule has 0 saturated carbocycles. The van der Waals surface area contributed by atoms with Gasteiger partial charge in [0.25, 0.3) is 0 Å². The van der Waals surface area contributed by atoms with Gasteiger partial charge in [0.2, 0.25) is 10.0 Å². The molecule has 6 heteroatoms. The van der Waals surface area contributed by atoms with Crippen LogP contribution in [0, 0.1) is 0 Å². The molecular weight excluding hydrogens is 278 g/mol. The second-order valence-corrected chi connectivity index (χ2v) is 7.50. The maximum absolute atomic E-state index is 12.3. The number of hydrogen-bond acceptors (Lipinski definition) is 3. The van der Waals surface area contributed by atoms with Crippen LogP contribution in [0.1, 0.15) is 32.3 Å². The molecular formula is C14H19NO4S. The van der Waals surface area contributed by atoms with Crippen LogP contribution in [0.5, 0.6) is 0 Å². The molecule has 1 aliphatic heterocycles. The van der Waals surface area contributed by atoms with Crippen LogP contribution >= 0.6 is 0 Å². The molecule has 1 aromatic carbocycles. The number of carboxylic acids is 1. The average molecular weight is 297 g/mol. The van der Waals surface area contributed by atoms with Crippen molar-refractivity contribution in [3.63, 3.8) is 0 Å². The summed E-state index contributed by atoms with van der Waals surface area (Å²) in [6.07, 6.45) is 1.78. The van der Waals surface area contributed by atoms with Gasteiger partial charge in [-0.15, -0.1) is 0 Å². The van der Waals surface area contributed by atoms with Crippen molar-refractivity contribution in [3.05, 3.63) is 29.8 Å². The molecule has 0 aromatic heterocycles. The molecule has 0 unspecified atom stereocenters. The Labute approximate surface area is 119 Å². The molecule has 1 aliphatic rings. The molecule has 1 heterocycles. The van der Waals surface area contributed by atoms with Gasteiger partial charge in [0.05, 0.1) is 10.3 Å². The van der Waals surface area contributed by atoms with Gasteiger partial charge in [0, 0.05) is 13.1 Å². The Morgan fingerprint density at radius 1 is 1.15 bits per heavy atom. The van der Waals surface area contributed by atoms with E-state index in [1.165, 1.54) is 16.4 Å². The van der Waals surface area contributed by atoms with Gasteiger partial charge in [-0.3, -0.25) is 4.79 Å². The molecule has 0 aliphatic carbocycles. The summed E-state index contributed by atoms with van der Waals surface area (Å²) in [6.45, 7) is 4.31. The minimum absolute atomic E-state index is 0.226. The van der Waals surface area contributed by atoms with E-state index in [4.69, 9.17) is 5.11 Å². The summed E-state index contributed by atoms with van der Waals surface area (Å²) in [5, 5.41) is 9.17. The van der Waals surface area contributed by atoms with Crippen molar-refractivity contribution < 1.29 is 18.3 Å². The first-order valence-electron chi connectivity index (χ1n) is 6.60. The minimum atomic E-state index is -3.44. The Bertz CT molecular complexity index is 599. The monoisotopic (exact) mass is 297 g/mol. The van der Waals surface area contributed by atoms with Crippen molar-refractivity contribution in [2.45, 2.75) is 37.0 Å². The van der Waals surface area contributed by atoms with Gasteiger partial charge >= 0.3 is 5.97 Å². The van der Waals surface area contributed by atoms with E-state index in [0.717, 1.165) is 12.8 Å². The summed E-state index contributed by atoms with van der Waals surface area (Å²) in [4.78, 5) is 11.4. The van der Waals surface area contributed by atoms with Crippen LogP contribution in [0.15, 0.2) is 29.2 Å². The Morgan fingerprint density at radius 3 is 2.10 bits per heavy atom. The number of hydrogen-bond donors (Lipinski definition) is 1. The fourth-order valence-electron chi connectivity index (χ4n) is 2.24. The Hall–Kier alpha value is -1.40. The quantitative estimate of drug-likeness (QED) is 0.920. The SMILES string of the molecule is CC(C)(C(=O)O)c1ccc(S(=O)(=O)N2CCCC2)cc1. The lowest BCUT2D eigenvalue weighted by Gasteiger charge is -2.21. The normalized spacial score (nSPS) is 17.3. The minimum Gasteiger partial charge on any atom is -0.481 e. The predicted molar refractivity (Wildman–Crippen MR) is 75.1 cm³/mol. The van der Waals surface area contributed by atoms with Gasteiger partial charge in [-0.2, -0.15) is 4.31 Å². The highest BCUT2D eigenvalue weighted by Gasteiger charge is 2.31. The zero-order valence-electron chi connectivity index (χ0n) is 11.7. The van der Waals surface area contributed by atoms with E-state index >= 15 is 0 Å². The Balaban J connectivity index is 2.31. The molecule has 1 N–H and O–H groups in total. The standard InChI is InChI=1S/C14H19NO4S/c1-14(2,13(16)17)11-5-7-12(8-6-11)20(18,19)15-9-3-4-10-15/h5-8H,3-4,9-10H2,1-2H3,(H,16,17). The van der Waals surface area contributed by atoms with E-state index in [0.29, 0.717) is 18.7 Å². The van der Waals surface area contributed by atoms with Crippen molar-refractivity contribution in [1.29, 1.82) is 0 Å². The molecule has 2 rings (SSSR count). The third kappa shape index (κ3) is 2.58. The molecule has 0 radical (unpaired) electrons. The van der Waals surface area contributed by atoms with Crippen LogP contribution in [-0.2, 0) is 20.2 Å². The smallest absolute Gasteiger partial charge is 0.313 e. The molecule has 0 atom stereocenters. The van der Waals surface area contributed by atoms with Crippen molar-refractivity contribution in [2.24, 2.45) is 0 Å². The van der Waals surface area contributed by atoms with Crippen LogP contribution < -0.4 is 0 Å². The summed E-state index contributed by atoms with van der Waals surface area (Å²) in [5.74, 6) is -0.937. The van der Waals surface area contributed by atoms with Gasteiger partial charge in [0.15, 0.2) is 0 Å². The first kappa shape index (κ1) is 15.0. The van der Waals surface area contributed by atoms with Crippen molar-refractivity contribution in [1.82, 2.24) is 4.31 Å². The van der Waals surface area contributed by atoms with E-state index < -0.39 is 21.4 Å². The number of sulfonamides is 1. The highest BCUT2D eigenvalue weighted by molar-refractivity contribution is 7.89. The van der Waals surface area contributed by atoms with Crippen molar-refractivity contribution in [3.8, 4) is 0 Å². The van der Waals surface area contributed by atoms with Gasteiger partial charge in [-0.25, -0.2) is 8.42 Å². The third-order valence-electron chi connectivity index (χ3n) is 3.81. The molecule has 1 aromatic rings. The zero-order valence-corrected chi connectivity index (χ0v) is 12.5. The van der Waals surface area contributed by atoms with Crippen LogP contribution in [0.25, 0.3) is 0 Å². The summed E-state index contributed by atoms with van der Waals surface area (Å²) < 4.78 is 26.2. The second kappa shape index (κ2) is 5.18. The van der Waals surface area contributed by atoms with Crippen LogP contribution in [0.2, 0.25) is 0 Å². The zero-order chi connectivity index (χ0) is 15.0. The molecule has 1 fully saturated rings. The number of nitrogens with zero attached hydrogens (tertiary/aromatic N) is 1. The molecule has 20 heavy (non-hydrogen) atoms. The summed E-state index contributed by atoms with van der Waals surface area (Å²) in [5.41, 5.74) is -0.444. The van der Waals surface area contributed by atoms with Gasteiger partial charge in [-0.05, 0) is 44.4 Å². The highest BCUT2D eigenvalue weighted by Crippen LogP contribution is 2.26. The lowest BCUT2D eigenvalue weighted by molar-refractivity contribution is -0.142. The molecule has 1 saturated heterocycles. The first-order chi connectivity index (χ1) is 9.26. The molecule has 5 nitrogen and oxygen atoms in total. The lowest BCUT2D eigenvalue weighted by atomic mass is 9.85. The van der Waals surface area contributed by atoms with E-state index in [9.17, 15) is 13.2 Å². The largest absolute Gasteiger partial charge is 0.481 e. The number of rotatable bonds is 4.